The molecule has 0 aliphatic heterocycles. The lowest BCUT2D eigenvalue weighted by molar-refractivity contribution is -0.116. The summed E-state index contributed by atoms with van der Waals surface area (Å²) in [5.41, 5.74) is 1.85. The summed E-state index contributed by atoms with van der Waals surface area (Å²) < 4.78 is 0.938. The van der Waals surface area contributed by atoms with Gasteiger partial charge in [0.15, 0.2) is 5.96 Å². The van der Waals surface area contributed by atoms with Crippen LogP contribution in [0.3, 0.4) is 0 Å². The van der Waals surface area contributed by atoms with E-state index >= 15 is 0 Å². The number of carbonyl (C=O) groups excluding carboxylic acids is 1. The normalized spacial score (nSPS) is 20.5. The molecule has 0 spiro atoms. The number of aryl methyl sites for hydroxylation is 1. The van der Waals surface area contributed by atoms with Crippen LogP contribution < -0.4 is 16.0 Å². The lowest BCUT2D eigenvalue weighted by atomic mass is 9.93. The number of guanidine groups is 1. The summed E-state index contributed by atoms with van der Waals surface area (Å²) in [4.78, 5) is 16.7. The first-order valence-electron chi connectivity index (χ1n) is 9.27. The lowest BCUT2D eigenvalue weighted by Gasteiger charge is -2.27. The standard InChI is InChI=1S/C19H29BrN4O2/c1-3-21-19(23-15-6-8-16(25)9-7-15)22-11-10-18(26)24-17-12-14(20)5-4-13(17)2/h4-5,12,15-16,25H,3,6-11H2,1-2H3,(H,24,26)(H2,21,22,23). The number of nitrogens with one attached hydrogen (secondary N) is 3. The SMILES string of the molecule is CCNC(=NCCC(=O)Nc1cc(Br)ccc1C)NC1CCC(O)CC1. The molecule has 0 bridgehead atoms. The molecule has 0 aromatic heterocycles. The Morgan fingerprint density at radius 2 is 2.04 bits per heavy atom. The minimum absolute atomic E-state index is 0.0495. The van der Waals surface area contributed by atoms with Crippen molar-refractivity contribution in [1.82, 2.24) is 10.6 Å². The second-order valence-corrected chi connectivity index (χ2v) is 7.58. The third kappa shape index (κ3) is 6.96. The third-order valence-corrected chi connectivity index (χ3v) is 4.96. The highest BCUT2D eigenvalue weighted by molar-refractivity contribution is 9.10. The highest BCUT2D eigenvalue weighted by Gasteiger charge is 2.19. The van der Waals surface area contributed by atoms with E-state index in [0.29, 0.717) is 19.0 Å². The van der Waals surface area contributed by atoms with Crippen molar-refractivity contribution in [1.29, 1.82) is 0 Å². The zero-order valence-electron chi connectivity index (χ0n) is 15.5. The van der Waals surface area contributed by atoms with Crippen molar-refractivity contribution in [2.75, 3.05) is 18.4 Å². The van der Waals surface area contributed by atoms with Gasteiger partial charge in [0.2, 0.25) is 5.91 Å². The number of hydrogen-bond acceptors (Lipinski definition) is 3. The number of benzene rings is 1. The van der Waals surface area contributed by atoms with Crippen LogP contribution in [0.1, 0.15) is 44.6 Å². The van der Waals surface area contributed by atoms with E-state index in [9.17, 15) is 9.90 Å². The molecule has 1 aromatic carbocycles. The first-order chi connectivity index (χ1) is 12.5. The second kappa shape index (κ2) is 10.5. The number of halogens is 1. The summed E-state index contributed by atoms with van der Waals surface area (Å²) in [7, 11) is 0. The number of aliphatic hydroxyl groups is 1. The fourth-order valence-electron chi connectivity index (χ4n) is 2.94. The van der Waals surface area contributed by atoms with E-state index in [4.69, 9.17) is 0 Å². The van der Waals surface area contributed by atoms with Crippen molar-refractivity contribution in [2.45, 2.75) is 58.1 Å². The van der Waals surface area contributed by atoms with Gasteiger partial charge in [0.05, 0.1) is 12.6 Å². The Bertz CT molecular complexity index is 628. The average Bonchev–Trinajstić information content (AvgIpc) is 2.60. The maximum atomic E-state index is 12.2. The Balaban J connectivity index is 1.82. The van der Waals surface area contributed by atoms with E-state index in [0.717, 1.165) is 53.9 Å². The number of hydrogen-bond donors (Lipinski definition) is 4. The van der Waals surface area contributed by atoms with E-state index in [1.807, 2.05) is 32.0 Å². The fraction of sp³-hybridized carbons (Fsp3) is 0.579. The van der Waals surface area contributed by atoms with E-state index in [1.54, 1.807) is 0 Å². The summed E-state index contributed by atoms with van der Waals surface area (Å²) in [5, 5.41) is 19.2. The molecule has 0 atom stereocenters. The maximum absolute atomic E-state index is 12.2. The topological polar surface area (TPSA) is 85.8 Å². The molecular weight excluding hydrogens is 396 g/mol. The van der Waals surface area contributed by atoms with E-state index in [1.165, 1.54) is 0 Å². The van der Waals surface area contributed by atoms with Gasteiger partial charge < -0.3 is 21.1 Å². The predicted octanol–water partition coefficient (Wildman–Crippen LogP) is 2.94. The number of anilines is 1. The zero-order chi connectivity index (χ0) is 18.9. The Hall–Kier alpha value is -1.60. The molecule has 1 amide bonds. The van der Waals surface area contributed by atoms with Gasteiger partial charge in [0, 0.05) is 29.2 Å². The molecule has 1 fully saturated rings. The number of nitrogens with zero attached hydrogens (tertiary/aromatic N) is 1. The highest BCUT2D eigenvalue weighted by atomic mass is 79.9. The maximum Gasteiger partial charge on any atom is 0.226 e. The molecule has 0 unspecified atom stereocenters. The number of carbonyl (C=O) groups is 1. The van der Waals surface area contributed by atoms with E-state index in [-0.39, 0.29) is 12.0 Å². The second-order valence-electron chi connectivity index (χ2n) is 6.67. The van der Waals surface area contributed by atoms with Gasteiger partial charge in [-0.05, 0) is 57.2 Å². The number of aliphatic imine (C=N–C) groups is 1. The molecule has 1 aliphatic carbocycles. The van der Waals surface area contributed by atoms with Crippen LogP contribution in [0.4, 0.5) is 5.69 Å². The number of amides is 1. The van der Waals surface area contributed by atoms with Crippen molar-refractivity contribution in [3.05, 3.63) is 28.2 Å². The van der Waals surface area contributed by atoms with Gasteiger partial charge in [0.1, 0.15) is 0 Å². The molecule has 1 aliphatic rings. The van der Waals surface area contributed by atoms with Crippen LogP contribution in [0.5, 0.6) is 0 Å². The molecule has 26 heavy (non-hydrogen) atoms. The summed E-state index contributed by atoms with van der Waals surface area (Å²) in [5.74, 6) is 0.687. The van der Waals surface area contributed by atoms with Crippen molar-refractivity contribution < 1.29 is 9.90 Å². The summed E-state index contributed by atoms with van der Waals surface area (Å²) >= 11 is 3.42. The monoisotopic (exact) mass is 424 g/mol. The quantitative estimate of drug-likeness (QED) is 0.417. The van der Waals surface area contributed by atoms with Crippen molar-refractivity contribution in [3.8, 4) is 0 Å². The lowest BCUT2D eigenvalue weighted by Crippen LogP contribution is -2.45. The van der Waals surface area contributed by atoms with Gasteiger partial charge in [-0.1, -0.05) is 22.0 Å². The first-order valence-corrected chi connectivity index (χ1v) is 10.1. The Kier molecular flexibility index (Phi) is 8.38. The molecule has 7 heteroatoms. The fourth-order valence-corrected chi connectivity index (χ4v) is 3.31. The molecule has 0 radical (unpaired) electrons. The van der Waals surface area contributed by atoms with Crippen LogP contribution in [0.25, 0.3) is 0 Å². The Morgan fingerprint density at radius 1 is 1.31 bits per heavy atom. The molecular formula is C19H29BrN4O2. The highest BCUT2D eigenvalue weighted by Crippen LogP contribution is 2.21. The van der Waals surface area contributed by atoms with Crippen LogP contribution in [0.15, 0.2) is 27.7 Å². The Labute approximate surface area is 164 Å². The van der Waals surface area contributed by atoms with Crippen LogP contribution in [-0.2, 0) is 4.79 Å². The predicted molar refractivity (Wildman–Crippen MR) is 110 cm³/mol. The largest absolute Gasteiger partial charge is 0.393 e. The van der Waals surface area contributed by atoms with Gasteiger partial charge in [0.25, 0.3) is 0 Å². The molecule has 2 rings (SSSR count). The van der Waals surface area contributed by atoms with Crippen LogP contribution >= 0.6 is 15.9 Å². The Morgan fingerprint density at radius 3 is 2.73 bits per heavy atom. The molecule has 1 saturated carbocycles. The molecule has 0 heterocycles. The zero-order valence-corrected chi connectivity index (χ0v) is 17.1. The van der Waals surface area contributed by atoms with Crippen molar-refractivity contribution in [2.24, 2.45) is 4.99 Å². The molecule has 4 N–H and O–H groups in total. The minimum atomic E-state index is -0.169. The van der Waals surface area contributed by atoms with Crippen LogP contribution in [0.2, 0.25) is 0 Å². The molecule has 144 valence electrons. The minimum Gasteiger partial charge on any atom is -0.393 e. The number of rotatable bonds is 6. The van der Waals surface area contributed by atoms with Gasteiger partial charge in [-0.3, -0.25) is 9.79 Å². The smallest absolute Gasteiger partial charge is 0.226 e. The first kappa shape index (κ1) is 20.7. The molecule has 1 aromatic rings. The summed E-state index contributed by atoms with van der Waals surface area (Å²) in [6.07, 6.45) is 3.68. The van der Waals surface area contributed by atoms with Crippen LogP contribution in [0, 0.1) is 6.92 Å². The van der Waals surface area contributed by atoms with Gasteiger partial charge in [-0.2, -0.15) is 0 Å². The van der Waals surface area contributed by atoms with Gasteiger partial charge in [-0.25, -0.2) is 0 Å². The molecule has 6 nitrogen and oxygen atoms in total. The average molecular weight is 425 g/mol. The van der Waals surface area contributed by atoms with E-state index < -0.39 is 0 Å². The number of aliphatic hydroxyl groups excluding tert-OH is 1. The van der Waals surface area contributed by atoms with Crippen LogP contribution in [-0.4, -0.2) is 42.2 Å². The third-order valence-electron chi connectivity index (χ3n) is 4.46. The van der Waals surface area contributed by atoms with Crippen molar-refractivity contribution >= 4 is 33.5 Å². The van der Waals surface area contributed by atoms with Gasteiger partial charge >= 0.3 is 0 Å². The summed E-state index contributed by atoms with van der Waals surface area (Å²) in [6, 6.07) is 6.15. The van der Waals surface area contributed by atoms with E-state index in [2.05, 4.69) is 36.9 Å². The molecule has 0 saturated heterocycles. The van der Waals surface area contributed by atoms with Crippen molar-refractivity contribution in [3.63, 3.8) is 0 Å². The summed E-state index contributed by atoms with van der Waals surface area (Å²) in [6.45, 7) is 5.17. The van der Waals surface area contributed by atoms with Gasteiger partial charge in [-0.15, -0.1) is 0 Å².